The molecule has 0 saturated heterocycles. The van der Waals surface area contributed by atoms with E-state index in [0.29, 0.717) is 33.2 Å². The summed E-state index contributed by atoms with van der Waals surface area (Å²) in [5, 5.41) is 4.87. The number of anilines is 1. The van der Waals surface area contributed by atoms with Crippen LogP contribution in [0.15, 0.2) is 64.2 Å². The maximum absolute atomic E-state index is 12.6. The van der Waals surface area contributed by atoms with Crippen molar-refractivity contribution in [2.75, 3.05) is 31.3 Å². The maximum atomic E-state index is 12.6. The van der Waals surface area contributed by atoms with Gasteiger partial charge in [0.25, 0.3) is 5.91 Å². The number of hydrogen-bond donors (Lipinski definition) is 1. The van der Waals surface area contributed by atoms with Crippen LogP contribution in [0.2, 0.25) is 10.0 Å². The SMILES string of the molecule is COc1ccc(Cl)cc1N(CC(=O)N/N=C/c1cc(Br)c(OCc2ccc(Cl)cc2)c(OC)c1)S(C)(=O)=O. The Labute approximate surface area is 239 Å². The van der Waals surface area contributed by atoms with Crippen molar-refractivity contribution < 1.29 is 27.4 Å². The number of carbonyl (C=O) groups is 1. The molecule has 0 bridgehead atoms. The number of carbonyl (C=O) groups excluding carboxylic acids is 1. The molecule has 0 aliphatic carbocycles. The largest absolute Gasteiger partial charge is 0.495 e. The fourth-order valence-corrected chi connectivity index (χ4v) is 4.99. The van der Waals surface area contributed by atoms with E-state index >= 15 is 0 Å². The van der Waals surface area contributed by atoms with E-state index in [1.165, 1.54) is 32.6 Å². The van der Waals surface area contributed by atoms with Crippen LogP contribution in [-0.4, -0.2) is 47.6 Å². The summed E-state index contributed by atoms with van der Waals surface area (Å²) in [5.74, 6) is 0.495. The Kier molecular flexibility index (Phi) is 10.3. The van der Waals surface area contributed by atoms with E-state index in [1.54, 1.807) is 30.3 Å². The van der Waals surface area contributed by atoms with Crippen LogP contribution in [0.25, 0.3) is 0 Å². The Balaban J connectivity index is 1.71. The van der Waals surface area contributed by atoms with Gasteiger partial charge in [-0.1, -0.05) is 35.3 Å². The van der Waals surface area contributed by atoms with E-state index in [-0.39, 0.29) is 16.5 Å². The summed E-state index contributed by atoms with van der Waals surface area (Å²) in [7, 11) is -0.958. The molecule has 13 heteroatoms. The van der Waals surface area contributed by atoms with Gasteiger partial charge < -0.3 is 14.2 Å². The van der Waals surface area contributed by atoms with Crippen molar-refractivity contribution in [3.63, 3.8) is 0 Å². The summed E-state index contributed by atoms with van der Waals surface area (Å²) in [6.45, 7) is -0.249. The Morgan fingerprint density at radius 3 is 2.32 bits per heavy atom. The summed E-state index contributed by atoms with van der Waals surface area (Å²) >= 11 is 15.4. The number of halogens is 3. The third-order valence-corrected chi connectivity index (χ3v) is 7.25. The van der Waals surface area contributed by atoms with Crippen LogP contribution in [0.3, 0.4) is 0 Å². The average molecular weight is 645 g/mol. The lowest BCUT2D eigenvalue weighted by molar-refractivity contribution is -0.119. The molecule has 1 N–H and O–H groups in total. The second-order valence-corrected chi connectivity index (χ2v) is 11.5. The molecule has 0 aliphatic rings. The minimum Gasteiger partial charge on any atom is -0.495 e. The lowest BCUT2D eigenvalue weighted by Gasteiger charge is -2.23. The lowest BCUT2D eigenvalue weighted by atomic mass is 10.2. The molecule has 0 fully saturated rings. The molecule has 9 nitrogen and oxygen atoms in total. The normalized spacial score (nSPS) is 11.3. The monoisotopic (exact) mass is 643 g/mol. The van der Waals surface area contributed by atoms with Crippen LogP contribution in [-0.2, 0) is 21.4 Å². The topological polar surface area (TPSA) is 107 Å². The highest BCUT2D eigenvalue weighted by Gasteiger charge is 2.24. The summed E-state index contributed by atoms with van der Waals surface area (Å²) in [4.78, 5) is 12.6. The van der Waals surface area contributed by atoms with Gasteiger partial charge in [0.15, 0.2) is 11.5 Å². The van der Waals surface area contributed by atoms with Gasteiger partial charge in [-0.3, -0.25) is 9.10 Å². The molecule has 0 aromatic heterocycles. The third kappa shape index (κ3) is 8.00. The van der Waals surface area contributed by atoms with Gasteiger partial charge in [-0.25, -0.2) is 13.8 Å². The summed E-state index contributed by atoms with van der Waals surface area (Å²) in [6, 6.07) is 15.2. The Morgan fingerprint density at radius 1 is 1.03 bits per heavy atom. The summed E-state index contributed by atoms with van der Waals surface area (Å²) in [5.41, 5.74) is 3.97. The molecule has 0 saturated carbocycles. The van der Waals surface area contributed by atoms with Crippen LogP contribution in [0.4, 0.5) is 5.69 Å². The standard InChI is InChI=1S/C25H24BrCl2N3O6S/c1-35-22-9-8-19(28)12-21(22)31(38(3,33)34)14-24(32)30-29-13-17-10-20(26)25(23(11-17)36-2)37-15-16-4-6-18(27)7-5-16/h4-13H,14-15H2,1-3H3,(H,30,32)/b29-13+. The fourth-order valence-electron chi connectivity index (χ4n) is 3.27. The molecule has 3 rings (SSSR count). The number of benzene rings is 3. The van der Waals surface area contributed by atoms with E-state index < -0.39 is 22.5 Å². The van der Waals surface area contributed by atoms with Crippen molar-refractivity contribution in [3.8, 4) is 17.2 Å². The first-order chi connectivity index (χ1) is 18.0. The number of ether oxygens (including phenoxy) is 3. The molecular weight excluding hydrogens is 621 g/mol. The number of sulfonamides is 1. The zero-order chi connectivity index (χ0) is 27.9. The lowest BCUT2D eigenvalue weighted by Crippen LogP contribution is -2.39. The Morgan fingerprint density at radius 2 is 1.68 bits per heavy atom. The first kappa shape index (κ1) is 29.6. The summed E-state index contributed by atoms with van der Waals surface area (Å²) in [6.07, 6.45) is 2.36. The predicted molar refractivity (Wildman–Crippen MR) is 152 cm³/mol. The number of hydrogen-bond acceptors (Lipinski definition) is 7. The average Bonchev–Trinajstić information content (AvgIpc) is 2.86. The highest BCUT2D eigenvalue weighted by molar-refractivity contribution is 9.10. The van der Waals surface area contributed by atoms with Gasteiger partial charge >= 0.3 is 0 Å². The van der Waals surface area contributed by atoms with E-state index in [2.05, 4.69) is 26.5 Å². The predicted octanol–water partition coefficient (Wildman–Crippen LogP) is 5.27. The molecule has 0 atom stereocenters. The van der Waals surface area contributed by atoms with Crippen molar-refractivity contribution >= 4 is 67.0 Å². The van der Waals surface area contributed by atoms with Crippen molar-refractivity contribution in [2.24, 2.45) is 5.10 Å². The van der Waals surface area contributed by atoms with Crippen LogP contribution in [0.5, 0.6) is 17.2 Å². The van der Waals surface area contributed by atoms with Crippen molar-refractivity contribution in [1.29, 1.82) is 0 Å². The maximum Gasteiger partial charge on any atom is 0.260 e. The molecule has 1 amide bonds. The van der Waals surface area contributed by atoms with Crippen LogP contribution in [0.1, 0.15) is 11.1 Å². The first-order valence-electron chi connectivity index (χ1n) is 10.9. The minimum absolute atomic E-state index is 0.129. The number of hydrazone groups is 1. The first-order valence-corrected chi connectivity index (χ1v) is 14.3. The Bertz CT molecular complexity index is 1440. The number of amides is 1. The third-order valence-electron chi connectivity index (χ3n) is 5.05. The van der Waals surface area contributed by atoms with Crippen LogP contribution < -0.4 is 23.9 Å². The van der Waals surface area contributed by atoms with E-state index in [4.69, 9.17) is 37.4 Å². The van der Waals surface area contributed by atoms with Gasteiger partial charge in [-0.2, -0.15) is 5.10 Å². The minimum atomic E-state index is -3.85. The zero-order valence-corrected chi connectivity index (χ0v) is 24.5. The molecule has 0 unspecified atom stereocenters. The van der Waals surface area contributed by atoms with E-state index in [1.807, 2.05) is 12.1 Å². The zero-order valence-electron chi connectivity index (χ0n) is 20.6. The van der Waals surface area contributed by atoms with Crippen LogP contribution in [0, 0.1) is 0 Å². The molecule has 3 aromatic rings. The molecule has 38 heavy (non-hydrogen) atoms. The van der Waals surface area contributed by atoms with Crippen molar-refractivity contribution in [2.45, 2.75) is 6.61 Å². The number of rotatable bonds is 11. The number of nitrogens with zero attached hydrogens (tertiary/aromatic N) is 2. The number of nitrogens with one attached hydrogen (secondary N) is 1. The molecule has 0 heterocycles. The van der Waals surface area contributed by atoms with Gasteiger partial charge in [0, 0.05) is 10.0 Å². The van der Waals surface area contributed by atoms with Gasteiger partial charge in [0.05, 0.1) is 36.9 Å². The number of methoxy groups -OCH3 is 2. The molecule has 0 radical (unpaired) electrons. The van der Waals surface area contributed by atoms with Gasteiger partial charge in [-0.15, -0.1) is 0 Å². The molecule has 3 aromatic carbocycles. The molecule has 202 valence electrons. The molecule has 0 spiro atoms. The van der Waals surface area contributed by atoms with E-state index in [9.17, 15) is 13.2 Å². The van der Waals surface area contributed by atoms with Crippen molar-refractivity contribution in [3.05, 3.63) is 80.2 Å². The summed E-state index contributed by atoms with van der Waals surface area (Å²) < 4.78 is 42.9. The Hall–Kier alpha value is -2.99. The molecule has 0 aliphatic heterocycles. The van der Waals surface area contributed by atoms with Gasteiger partial charge in [0.2, 0.25) is 10.0 Å². The van der Waals surface area contributed by atoms with E-state index in [0.717, 1.165) is 16.1 Å². The quantitative estimate of drug-likeness (QED) is 0.225. The van der Waals surface area contributed by atoms with Crippen LogP contribution >= 0.6 is 39.1 Å². The highest BCUT2D eigenvalue weighted by Crippen LogP contribution is 2.37. The fraction of sp³-hybridized carbons (Fsp3) is 0.200. The van der Waals surface area contributed by atoms with Gasteiger partial charge in [0.1, 0.15) is 18.9 Å². The van der Waals surface area contributed by atoms with Gasteiger partial charge in [-0.05, 0) is 69.5 Å². The smallest absolute Gasteiger partial charge is 0.260 e. The second kappa shape index (κ2) is 13.2. The highest BCUT2D eigenvalue weighted by atomic mass is 79.9. The second-order valence-electron chi connectivity index (χ2n) is 7.83. The molecular formula is C25H24BrCl2N3O6S. The van der Waals surface area contributed by atoms with Crippen molar-refractivity contribution in [1.82, 2.24) is 5.43 Å².